The number of rotatable bonds is 0. The third-order valence-corrected chi connectivity index (χ3v) is 2.56. The largest absolute Gasteiger partial charge is 0.132 e. The van der Waals surface area contributed by atoms with Gasteiger partial charge in [-0.1, -0.05) is 30.3 Å². The lowest BCUT2D eigenvalue weighted by molar-refractivity contribution is 1.86. The second kappa shape index (κ2) is 1.89. The number of hydrogen-bond donors (Lipinski definition) is 0. The van der Waals surface area contributed by atoms with Crippen molar-refractivity contribution >= 4 is 18.7 Å². The van der Waals surface area contributed by atoms with E-state index >= 15 is 0 Å². The quantitative estimate of drug-likeness (QED) is 0.519. The molecule has 0 aliphatic heterocycles. The van der Waals surface area contributed by atoms with E-state index in [2.05, 4.69) is 36.1 Å². The van der Waals surface area contributed by atoms with Gasteiger partial charge in [-0.2, -0.15) is 0 Å². The fraction of sp³-hybridized carbons (Fsp3) is 0. The topological polar surface area (TPSA) is 0 Å². The summed E-state index contributed by atoms with van der Waals surface area (Å²) >= 11 is 0. The molecule has 2 aromatic rings. The molecule has 0 aliphatic carbocycles. The van der Waals surface area contributed by atoms with E-state index in [1.165, 1.54) is 10.5 Å². The van der Waals surface area contributed by atoms with E-state index in [0.29, 0.717) is 0 Å². The zero-order valence-corrected chi connectivity index (χ0v) is 5.96. The summed E-state index contributed by atoms with van der Waals surface area (Å²) in [5, 5.41) is 2.88. The van der Waals surface area contributed by atoms with Gasteiger partial charge in [0.2, 0.25) is 0 Å². The fourth-order valence-corrected chi connectivity index (χ4v) is 1.96. The van der Waals surface area contributed by atoms with E-state index in [0.717, 1.165) is 8.19 Å². The van der Waals surface area contributed by atoms with E-state index in [4.69, 9.17) is 0 Å². The first-order chi connectivity index (χ1) is 4.47. The van der Waals surface area contributed by atoms with Crippen molar-refractivity contribution in [1.29, 1.82) is 0 Å². The van der Waals surface area contributed by atoms with Gasteiger partial charge in [0.1, 0.15) is 0 Å². The summed E-state index contributed by atoms with van der Waals surface area (Å²) in [4.78, 5) is 0. The van der Waals surface area contributed by atoms with E-state index in [9.17, 15) is 0 Å². The Labute approximate surface area is 55.6 Å². The van der Waals surface area contributed by atoms with Crippen molar-refractivity contribution in [2.75, 3.05) is 0 Å². The Bertz CT molecular complexity index is 279. The summed E-state index contributed by atoms with van der Waals surface area (Å²) in [6.07, 6.45) is 0. The van der Waals surface area contributed by atoms with Gasteiger partial charge < -0.3 is 0 Å². The molecule has 0 spiro atoms. The molecule has 0 aliphatic rings. The van der Waals surface area contributed by atoms with Gasteiger partial charge in [0.05, 0.1) is 0 Å². The van der Waals surface area contributed by atoms with Crippen LogP contribution >= 0.6 is 8.19 Å². The second-order valence-corrected chi connectivity index (χ2v) is 3.23. The summed E-state index contributed by atoms with van der Waals surface area (Å²) in [6.45, 7) is 0. The maximum atomic E-state index is 2.23. The molecule has 0 radical (unpaired) electrons. The average molecular weight is 134 g/mol. The molecule has 1 unspecified atom stereocenters. The van der Waals surface area contributed by atoms with Crippen LogP contribution in [0, 0.1) is 0 Å². The van der Waals surface area contributed by atoms with E-state index < -0.39 is 0 Å². The lowest BCUT2D eigenvalue weighted by Crippen LogP contribution is -1.55. The van der Waals surface area contributed by atoms with Crippen molar-refractivity contribution in [1.82, 2.24) is 0 Å². The molecular formula is C8H7P. The van der Waals surface area contributed by atoms with Gasteiger partial charge in [-0.25, -0.2) is 0 Å². The molecule has 0 fully saturated rings. The standard InChI is InChI=1S/C8H7P/c1-2-4-8-7(3-1)5-6-9-8/h1-6,9H. The maximum absolute atomic E-state index is 2.23. The van der Waals surface area contributed by atoms with Crippen LogP contribution in [0.4, 0.5) is 0 Å². The van der Waals surface area contributed by atoms with Gasteiger partial charge in [-0.3, -0.25) is 0 Å². The van der Waals surface area contributed by atoms with Crippen molar-refractivity contribution in [3.63, 3.8) is 0 Å². The minimum atomic E-state index is 0.899. The molecule has 0 N–H and O–H groups in total. The molecule has 1 aromatic carbocycles. The Balaban J connectivity index is 2.95. The van der Waals surface area contributed by atoms with E-state index in [-0.39, 0.29) is 0 Å². The van der Waals surface area contributed by atoms with Gasteiger partial charge in [0, 0.05) is 0 Å². The summed E-state index contributed by atoms with van der Waals surface area (Å²) in [5.41, 5.74) is 0. The number of hydrogen-bond acceptors (Lipinski definition) is 0. The molecule has 44 valence electrons. The molecule has 1 atom stereocenters. The lowest BCUT2D eigenvalue weighted by Gasteiger charge is -1.83. The van der Waals surface area contributed by atoms with Gasteiger partial charge in [-0.15, -0.1) is 8.19 Å². The van der Waals surface area contributed by atoms with Gasteiger partial charge in [0.15, 0.2) is 0 Å². The van der Waals surface area contributed by atoms with Crippen molar-refractivity contribution in [2.24, 2.45) is 0 Å². The molecule has 1 heterocycles. The highest BCUT2D eigenvalue weighted by Gasteiger charge is 1.86. The van der Waals surface area contributed by atoms with Crippen molar-refractivity contribution < 1.29 is 0 Å². The normalized spacial score (nSPS) is 11.1. The molecule has 0 nitrogen and oxygen atoms in total. The van der Waals surface area contributed by atoms with E-state index in [1.807, 2.05) is 0 Å². The third-order valence-electron chi connectivity index (χ3n) is 1.46. The smallest absolute Gasteiger partial charge is 0.00183 e. The molecule has 1 heteroatoms. The maximum Gasteiger partial charge on any atom is -0.00183 e. The van der Waals surface area contributed by atoms with Crippen LogP contribution in [0.25, 0.3) is 10.5 Å². The lowest BCUT2D eigenvalue weighted by atomic mass is 10.3. The van der Waals surface area contributed by atoms with Crippen LogP contribution in [0.1, 0.15) is 0 Å². The molecule has 9 heavy (non-hydrogen) atoms. The Morgan fingerprint density at radius 1 is 1.00 bits per heavy atom. The third kappa shape index (κ3) is 0.760. The van der Waals surface area contributed by atoms with Gasteiger partial charge in [-0.05, 0) is 16.3 Å². The van der Waals surface area contributed by atoms with E-state index in [1.54, 1.807) is 0 Å². The first-order valence-electron chi connectivity index (χ1n) is 2.99. The Morgan fingerprint density at radius 3 is 2.78 bits per heavy atom. The van der Waals surface area contributed by atoms with Crippen molar-refractivity contribution in [3.05, 3.63) is 36.1 Å². The monoisotopic (exact) mass is 134 g/mol. The summed E-state index contributed by atoms with van der Waals surface area (Å²) < 4.78 is 0. The minimum absolute atomic E-state index is 0.899. The molecule has 0 saturated carbocycles. The van der Waals surface area contributed by atoms with Crippen LogP contribution in [0.15, 0.2) is 36.1 Å². The molecule has 2 rings (SSSR count). The number of fused-ring (bicyclic) bond motifs is 1. The Morgan fingerprint density at radius 2 is 1.89 bits per heavy atom. The van der Waals surface area contributed by atoms with Crippen LogP contribution in [-0.4, -0.2) is 0 Å². The minimum Gasteiger partial charge on any atom is -0.132 e. The molecule has 0 amide bonds. The highest BCUT2D eigenvalue weighted by atomic mass is 31.0. The Hall–Kier alpha value is -0.740. The average Bonchev–Trinajstić information content (AvgIpc) is 2.33. The SMILES string of the molecule is c1ccc2[pH]ccc2c1. The first kappa shape index (κ1) is 5.08. The van der Waals surface area contributed by atoms with Crippen LogP contribution in [-0.2, 0) is 0 Å². The predicted octanol–water partition coefficient (Wildman–Crippen LogP) is 2.87. The zero-order valence-electron chi connectivity index (χ0n) is 4.96. The fourth-order valence-electron chi connectivity index (χ4n) is 0.995. The van der Waals surface area contributed by atoms with Crippen molar-refractivity contribution in [2.45, 2.75) is 0 Å². The van der Waals surface area contributed by atoms with Gasteiger partial charge >= 0.3 is 0 Å². The molecule has 1 aromatic heterocycles. The summed E-state index contributed by atoms with van der Waals surface area (Å²) in [5.74, 6) is 2.23. The van der Waals surface area contributed by atoms with Crippen LogP contribution in [0.2, 0.25) is 0 Å². The Kier molecular flexibility index (Phi) is 1.07. The van der Waals surface area contributed by atoms with Crippen LogP contribution < -0.4 is 0 Å². The highest BCUT2D eigenvalue weighted by Crippen LogP contribution is 2.23. The predicted molar refractivity (Wildman–Crippen MR) is 43.4 cm³/mol. The summed E-state index contributed by atoms with van der Waals surface area (Å²) in [6, 6.07) is 10.7. The first-order valence-corrected chi connectivity index (χ1v) is 4.07. The summed E-state index contributed by atoms with van der Waals surface area (Å²) in [7, 11) is 0.899. The number of benzene rings is 1. The zero-order chi connectivity index (χ0) is 6.10. The highest BCUT2D eigenvalue weighted by molar-refractivity contribution is 7.36. The molecular weight excluding hydrogens is 127 g/mol. The molecule has 0 saturated heterocycles. The van der Waals surface area contributed by atoms with Gasteiger partial charge in [0.25, 0.3) is 0 Å². The van der Waals surface area contributed by atoms with Crippen molar-refractivity contribution in [3.8, 4) is 0 Å². The second-order valence-electron chi connectivity index (χ2n) is 2.06. The van der Waals surface area contributed by atoms with Crippen LogP contribution in [0.3, 0.4) is 0 Å². The van der Waals surface area contributed by atoms with Crippen LogP contribution in [0.5, 0.6) is 0 Å². The molecule has 0 bridgehead atoms.